The lowest BCUT2D eigenvalue weighted by Gasteiger charge is -2.19. The van der Waals surface area contributed by atoms with Crippen molar-refractivity contribution >= 4 is 11.6 Å². The molecule has 0 fully saturated rings. The van der Waals surface area contributed by atoms with Crippen LogP contribution in [0, 0.1) is 10.1 Å². The Kier molecular flexibility index (Phi) is 5.31. The Labute approximate surface area is 117 Å². The van der Waals surface area contributed by atoms with Crippen molar-refractivity contribution in [1.29, 1.82) is 0 Å². The van der Waals surface area contributed by atoms with Gasteiger partial charge in [0.2, 0.25) is 5.75 Å². The molecule has 20 heavy (non-hydrogen) atoms. The lowest BCUT2D eigenvalue weighted by molar-refractivity contribution is -0.385. The number of nitro benzene ring substituents is 1. The molecule has 0 aromatic heterocycles. The number of methoxy groups -OCH3 is 2. The van der Waals surface area contributed by atoms with Crippen molar-refractivity contribution in [2.75, 3.05) is 27.3 Å². The molecule has 0 N–H and O–H groups in total. The third kappa shape index (κ3) is 2.98. The molecule has 1 rings (SSSR count). The Balaban J connectivity index is 3.39. The molecule has 1 aromatic rings. The van der Waals surface area contributed by atoms with E-state index in [2.05, 4.69) is 0 Å². The van der Waals surface area contributed by atoms with Gasteiger partial charge in [-0.15, -0.1) is 0 Å². The molecule has 0 aliphatic carbocycles. The van der Waals surface area contributed by atoms with Gasteiger partial charge in [-0.05, 0) is 19.9 Å². The molecule has 0 saturated carbocycles. The topological polar surface area (TPSA) is 81.9 Å². The first-order valence-corrected chi connectivity index (χ1v) is 6.19. The highest BCUT2D eigenvalue weighted by Crippen LogP contribution is 2.38. The number of nitrogens with zero attached hydrogens (tertiary/aromatic N) is 2. The molecular formula is C13H18N2O5. The molecule has 0 heterocycles. The van der Waals surface area contributed by atoms with Gasteiger partial charge in [0.25, 0.3) is 5.91 Å². The van der Waals surface area contributed by atoms with Crippen molar-refractivity contribution in [3.63, 3.8) is 0 Å². The van der Waals surface area contributed by atoms with Crippen LogP contribution in [0.5, 0.6) is 11.5 Å². The number of carbonyl (C=O) groups excluding carboxylic acids is 1. The van der Waals surface area contributed by atoms with Crippen molar-refractivity contribution in [2.45, 2.75) is 13.8 Å². The Hall–Kier alpha value is -2.31. The van der Waals surface area contributed by atoms with Crippen molar-refractivity contribution in [3.05, 3.63) is 27.8 Å². The van der Waals surface area contributed by atoms with Crippen LogP contribution in [-0.2, 0) is 0 Å². The van der Waals surface area contributed by atoms with Gasteiger partial charge in [-0.2, -0.15) is 0 Å². The maximum Gasteiger partial charge on any atom is 0.315 e. The van der Waals surface area contributed by atoms with E-state index in [4.69, 9.17) is 9.47 Å². The van der Waals surface area contributed by atoms with E-state index in [1.165, 1.54) is 26.4 Å². The summed E-state index contributed by atoms with van der Waals surface area (Å²) in [5.74, 6) is -0.107. The maximum absolute atomic E-state index is 12.3. The zero-order valence-corrected chi connectivity index (χ0v) is 12.0. The fraction of sp³-hybridized carbons (Fsp3) is 0.462. The van der Waals surface area contributed by atoms with Crippen LogP contribution in [0.2, 0.25) is 0 Å². The van der Waals surface area contributed by atoms with Crippen LogP contribution >= 0.6 is 0 Å². The van der Waals surface area contributed by atoms with E-state index in [0.29, 0.717) is 13.1 Å². The molecule has 0 aliphatic heterocycles. The van der Waals surface area contributed by atoms with Gasteiger partial charge >= 0.3 is 5.69 Å². The molecule has 1 amide bonds. The second-order valence-corrected chi connectivity index (χ2v) is 3.97. The van der Waals surface area contributed by atoms with E-state index in [9.17, 15) is 14.9 Å². The van der Waals surface area contributed by atoms with Gasteiger partial charge in [0.1, 0.15) is 0 Å². The molecule has 1 aromatic carbocycles. The highest BCUT2D eigenvalue weighted by atomic mass is 16.6. The van der Waals surface area contributed by atoms with Crippen molar-refractivity contribution < 1.29 is 19.2 Å². The molecule has 0 saturated heterocycles. The average molecular weight is 282 g/mol. The molecular weight excluding hydrogens is 264 g/mol. The summed E-state index contributed by atoms with van der Waals surface area (Å²) in [6.45, 7) is 4.74. The van der Waals surface area contributed by atoms with Crippen molar-refractivity contribution in [3.8, 4) is 11.5 Å². The summed E-state index contributed by atoms with van der Waals surface area (Å²) in [5.41, 5.74) is -0.0830. The monoisotopic (exact) mass is 282 g/mol. The SMILES string of the molecule is CCN(CC)C(=O)c1cc(OC)c(OC)c([N+](=O)[O-])c1. The third-order valence-electron chi connectivity index (χ3n) is 2.95. The first-order chi connectivity index (χ1) is 9.49. The van der Waals surface area contributed by atoms with Gasteiger partial charge in [-0.25, -0.2) is 0 Å². The first kappa shape index (κ1) is 15.7. The highest BCUT2D eigenvalue weighted by Gasteiger charge is 2.25. The number of amides is 1. The number of benzene rings is 1. The van der Waals surface area contributed by atoms with Crippen LogP contribution in [0.4, 0.5) is 5.69 Å². The Bertz CT molecular complexity index is 512. The lowest BCUT2D eigenvalue weighted by Crippen LogP contribution is -2.30. The number of ether oxygens (including phenoxy) is 2. The number of rotatable bonds is 6. The summed E-state index contributed by atoms with van der Waals surface area (Å²) in [4.78, 5) is 24.3. The predicted octanol–water partition coefficient (Wildman–Crippen LogP) is 2.09. The summed E-state index contributed by atoms with van der Waals surface area (Å²) in [7, 11) is 2.68. The summed E-state index contributed by atoms with van der Waals surface area (Å²) in [5, 5.41) is 11.1. The third-order valence-corrected chi connectivity index (χ3v) is 2.95. The number of hydrogen-bond donors (Lipinski definition) is 0. The minimum absolute atomic E-state index is 0.00796. The molecule has 0 spiro atoms. The van der Waals surface area contributed by atoms with Crippen LogP contribution in [0.15, 0.2) is 12.1 Å². The summed E-state index contributed by atoms with van der Waals surface area (Å²) in [6.07, 6.45) is 0. The molecule has 110 valence electrons. The van der Waals surface area contributed by atoms with E-state index in [-0.39, 0.29) is 28.7 Å². The normalized spacial score (nSPS) is 10.0. The van der Waals surface area contributed by atoms with Crippen molar-refractivity contribution in [2.24, 2.45) is 0 Å². The van der Waals surface area contributed by atoms with Gasteiger partial charge in [-0.3, -0.25) is 14.9 Å². The van der Waals surface area contributed by atoms with Gasteiger partial charge < -0.3 is 14.4 Å². The second kappa shape index (κ2) is 6.74. The fourth-order valence-electron chi connectivity index (χ4n) is 1.90. The van der Waals surface area contributed by atoms with Gasteiger partial charge in [-0.1, -0.05) is 0 Å². The van der Waals surface area contributed by atoms with Crippen LogP contribution in [-0.4, -0.2) is 43.0 Å². The van der Waals surface area contributed by atoms with Gasteiger partial charge in [0.15, 0.2) is 5.75 Å². The number of nitro groups is 1. The largest absolute Gasteiger partial charge is 0.493 e. The lowest BCUT2D eigenvalue weighted by atomic mass is 10.1. The molecule has 7 heteroatoms. The summed E-state index contributed by atoms with van der Waals surface area (Å²) >= 11 is 0. The summed E-state index contributed by atoms with van der Waals surface area (Å²) < 4.78 is 10.0. The minimum Gasteiger partial charge on any atom is -0.493 e. The Morgan fingerprint density at radius 1 is 1.25 bits per heavy atom. The molecule has 0 atom stereocenters. The zero-order chi connectivity index (χ0) is 15.3. The summed E-state index contributed by atoms with van der Waals surface area (Å²) in [6, 6.07) is 2.66. The van der Waals surface area contributed by atoms with E-state index in [0.717, 1.165) is 0 Å². The van der Waals surface area contributed by atoms with Crippen LogP contribution in [0.25, 0.3) is 0 Å². The number of carbonyl (C=O) groups is 1. The second-order valence-electron chi connectivity index (χ2n) is 3.97. The van der Waals surface area contributed by atoms with Crippen LogP contribution in [0.1, 0.15) is 24.2 Å². The smallest absolute Gasteiger partial charge is 0.315 e. The van der Waals surface area contributed by atoms with Crippen molar-refractivity contribution in [1.82, 2.24) is 4.90 Å². The molecule has 0 unspecified atom stereocenters. The minimum atomic E-state index is -0.597. The first-order valence-electron chi connectivity index (χ1n) is 6.19. The van der Waals surface area contributed by atoms with E-state index in [1.54, 1.807) is 4.90 Å². The molecule has 0 radical (unpaired) electrons. The maximum atomic E-state index is 12.3. The Morgan fingerprint density at radius 3 is 2.25 bits per heavy atom. The average Bonchev–Trinajstić information content (AvgIpc) is 2.46. The quantitative estimate of drug-likeness (QED) is 0.589. The molecule has 7 nitrogen and oxygen atoms in total. The van der Waals surface area contributed by atoms with Gasteiger partial charge in [0, 0.05) is 19.2 Å². The number of hydrogen-bond acceptors (Lipinski definition) is 5. The zero-order valence-electron chi connectivity index (χ0n) is 12.0. The van der Waals surface area contributed by atoms with E-state index in [1.807, 2.05) is 13.8 Å². The van der Waals surface area contributed by atoms with Crippen LogP contribution < -0.4 is 9.47 Å². The fourth-order valence-corrected chi connectivity index (χ4v) is 1.90. The molecule has 0 bridgehead atoms. The highest BCUT2D eigenvalue weighted by molar-refractivity contribution is 5.96. The predicted molar refractivity (Wildman–Crippen MR) is 73.5 cm³/mol. The van der Waals surface area contributed by atoms with E-state index >= 15 is 0 Å². The molecule has 0 aliphatic rings. The Morgan fingerprint density at radius 2 is 1.85 bits per heavy atom. The van der Waals surface area contributed by atoms with Gasteiger partial charge in [0.05, 0.1) is 24.7 Å². The van der Waals surface area contributed by atoms with E-state index < -0.39 is 4.92 Å². The standard InChI is InChI=1S/C13H18N2O5/c1-5-14(6-2)13(16)9-7-10(15(17)18)12(20-4)11(8-9)19-3/h7-8H,5-6H2,1-4H3. The van der Waals surface area contributed by atoms with Crippen LogP contribution in [0.3, 0.4) is 0 Å².